The van der Waals surface area contributed by atoms with Crippen molar-refractivity contribution in [2.24, 2.45) is 0 Å². The van der Waals surface area contributed by atoms with Gasteiger partial charge >= 0.3 is 0 Å². The normalized spacial score (nSPS) is 16.5. The van der Waals surface area contributed by atoms with Gasteiger partial charge in [0.2, 0.25) is 0 Å². The van der Waals surface area contributed by atoms with Crippen LogP contribution in [0.3, 0.4) is 0 Å². The van der Waals surface area contributed by atoms with E-state index in [9.17, 15) is 0 Å². The molecule has 0 atom stereocenters. The van der Waals surface area contributed by atoms with Gasteiger partial charge in [0.15, 0.2) is 0 Å². The van der Waals surface area contributed by atoms with Gasteiger partial charge < -0.3 is 5.73 Å². The molecule has 2 N–H and O–H groups in total. The second kappa shape index (κ2) is 2.51. The van der Waals surface area contributed by atoms with E-state index in [1.165, 1.54) is 29.5 Å². The maximum atomic E-state index is 5.86. The second-order valence-corrected chi connectivity index (χ2v) is 3.84. The lowest BCUT2D eigenvalue weighted by Crippen LogP contribution is -1.94. The zero-order valence-corrected chi connectivity index (χ0v) is 7.72. The van der Waals surface area contributed by atoms with Crippen LogP contribution in [0.15, 0.2) is 12.1 Å². The number of anilines is 1. The van der Waals surface area contributed by atoms with Gasteiger partial charge in [0.1, 0.15) is 0 Å². The summed E-state index contributed by atoms with van der Waals surface area (Å²) in [5.74, 6) is 0.813. The van der Waals surface area contributed by atoms with Crippen LogP contribution >= 0.6 is 0 Å². The summed E-state index contributed by atoms with van der Waals surface area (Å²) in [6, 6.07) is 4.35. The first-order valence-electron chi connectivity index (χ1n) is 4.55. The lowest BCUT2D eigenvalue weighted by Gasteiger charge is -2.07. The Morgan fingerprint density at radius 2 is 1.83 bits per heavy atom. The monoisotopic (exact) mass is 161 g/mol. The number of hydrogen-bond acceptors (Lipinski definition) is 1. The summed E-state index contributed by atoms with van der Waals surface area (Å²) < 4.78 is 0. The Morgan fingerprint density at radius 3 is 2.42 bits per heavy atom. The van der Waals surface area contributed by atoms with Crippen molar-refractivity contribution in [3.63, 3.8) is 0 Å². The van der Waals surface area contributed by atoms with Gasteiger partial charge in [-0.2, -0.15) is 0 Å². The Bertz CT molecular complexity index is 311. The molecule has 12 heavy (non-hydrogen) atoms. The highest BCUT2D eigenvalue weighted by Gasteiger charge is 2.25. The van der Waals surface area contributed by atoms with E-state index in [4.69, 9.17) is 5.73 Å². The maximum absolute atomic E-state index is 5.86. The predicted octanol–water partition coefficient (Wildman–Crippen LogP) is 2.76. The largest absolute Gasteiger partial charge is 0.399 e. The van der Waals surface area contributed by atoms with Crippen molar-refractivity contribution in [2.75, 3.05) is 5.73 Å². The number of hydrogen-bond donors (Lipinski definition) is 1. The van der Waals surface area contributed by atoms with Gasteiger partial charge in [-0.15, -0.1) is 0 Å². The van der Waals surface area contributed by atoms with Crippen LogP contribution in [0.4, 0.5) is 5.69 Å². The molecule has 0 heterocycles. The number of rotatable bonds is 1. The molecule has 0 unspecified atom stereocenters. The van der Waals surface area contributed by atoms with Crippen molar-refractivity contribution in [3.05, 3.63) is 28.8 Å². The average molecular weight is 161 g/mol. The fraction of sp³-hybridized carbons (Fsp3) is 0.455. The van der Waals surface area contributed by atoms with Gasteiger partial charge in [0, 0.05) is 5.69 Å². The zero-order chi connectivity index (χ0) is 8.72. The number of nitrogen functional groups attached to an aromatic ring is 1. The van der Waals surface area contributed by atoms with Gasteiger partial charge in [0.25, 0.3) is 0 Å². The van der Waals surface area contributed by atoms with E-state index in [1.54, 1.807) is 0 Å². The molecule has 0 spiro atoms. The van der Waals surface area contributed by atoms with Gasteiger partial charge in [-0.1, -0.05) is 6.07 Å². The quantitative estimate of drug-likeness (QED) is 0.630. The molecule has 0 amide bonds. The lowest BCUT2D eigenvalue weighted by atomic mass is 10.0. The average Bonchev–Trinajstić information content (AvgIpc) is 2.79. The van der Waals surface area contributed by atoms with E-state index < -0.39 is 0 Å². The van der Waals surface area contributed by atoms with Crippen LogP contribution in [-0.4, -0.2) is 0 Å². The predicted molar refractivity (Wildman–Crippen MR) is 52.3 cm³/mol. The Kier molecular flexibility index (Phi) is 1.60. The molecule has 0 bridgehead atoms. The molecule has 2 rings (SSSR count). The smallest absolute Gasteiger partial charge is 0.0346 e. The summed E-state index contributed by atoms with van der Waals surface area (Å²) in [4.78, 5) is 0. The summed E-state index contributed by atoms with van der Waals surface area (Å²) in [6.07, 6.45) is 2.70. The third kappa shape index (κ3) is 1.20. The number of benzene rings is 1. The lowest BCUT2D eigenvalue weighted by molar-refractivity contribution is 1.09. The second-order valence-electron chi connectivity index (χ2n) is 3.84. The highest BCUT2D eigenvalue weighted by atomic mass is 14.6. The van der Waals surface area contributed by atoms with Crippen molar-refractivity contribution in [3.8, 4) is 0 Å². The van der Waals surface area contributed by atoms with Crippen LogP contribution in [0.25, 0.3) is 0 Å². The van der Waals surface area contributed by atoms with Crippen LogP contribution in [0, 0.1) is 13.8 Å². The van der Waals surface area contributed by atoms with Crippen LogP contribution in [0.2, 0.25) is 0 Å². The Morgan fingerprint density at radius 1 is 1.17 bits per heavy atom. The van der Waals surface area contributed by atoms with Crippen molar-refractivity contribution in [1.29, 1.82) is 0 Å². The minimum absolute atomic E-state index is 0.813. The molecule has 1 saturated carbocycles. The van der Waals surface area contributed by atoms with Gasteiger partial charge in [-0.05, 0) is 55.4 Å². The Labute approximate surface area is 73.6 Å². The first kappa shape index (κ1) is 7.66. The molecule has 64 valence electrons. The summed E-state index contributed by atoms with van der Waals surface area (Å²) in [5.41, 5.74) is 10.9. The Balaban J connectivity index is 2.47. The fourth-order valence-corrected chi connectivity index (χ4v) is 1.72. The van der Waals surface area contributed by atoms with Crippen LogP contribution < -0.4 is 5.73 Å². The van der Waals surface area contributed by atoms with Crippen molar-refractivity contribution < 1.29 is 0 Å². The van der Waals surface area contributed by atoms with E-state index in [0.717, 1.165) is 11.6 Å². The zero-order valence-electron chi connectivity index (χ0n) is 7.72. The fourth-order valence-electron chi connectivity index (χ4n) is 1.72. The van der Waals surface area contributed by atoms with Crippen LogP contribution in [0.5, 0.6) is 0 Å². The molecule has 1 aliphatic carbocycles. The Hall–Kier alpha value is -0.980. The van der Waals surface area contributed by atoms with Crippen molar-refractivity contribution in [1.82, 2.24) is 0 Å². The number of nitrogens with two attached hydrogens (primary N) is 1. The van der Waals surface area contributed by atoms with Crippen molar-refractivity contribution >= 4 is 5.69 Å². The van der Waals surface area contributed by atoms with E-state index in [2.05, 4.69) is 26.0 Å². The van der Waals surface area contributed by atoms with E-state index in [1.807, 2.05) is 0 Å². The van der Waals surface area contributed by atoms with Gasteiger partial charge in [0.05, 0.1) is 0 Å². The summed E-state index contributed by atoms with van der Waals surface area (Å²) in [7, 11) is 0. The molecule has 1 heteroatoms. The molecule has 1 aliphatic rings. The number of aryl methyl sites for hydroxylation is 2. The third-order valence-electron chi connectivity index (χ3n) is 2.67. The van der Waals surface area contributed by atoms with E-state index in [0.29, 0.717) is 0 Å². The molecule has 1 aromatic carbocycles. The van der Waals surface area contributed by atoms with Crippen LogP contribution in [-0.2, 0) is 0 Å². The highest BCUT2D eigenvalue weighted by Crippen LogP contribution is 2.42. The molecular weight excluding hydrogens is 146 g/mol. The molecule has 0 radical (unpaired) electrons. The van der Waals surface area contributed by atoms with Crippen LogP contribution in [0.1, 0.15) is 35.4 Å². The third-order valence-corrected chi connectivity index (χ3v) is 2.67. The van der Waals surface area contributed by atoms with Crippen molar-refractivity contribution in [2.45, 2.75) is 32.6 Å². The summed E-state index contributed by atoms with van der Waals surface area (Å²) in [5, 5.41) is 0. The molecular formula is C11H15N. The molecule has 1 aromatic rings. The molecule has 0 aromatic heterocycles. The highest BCUT2D eigenvalue weighted by molar-refractivity contribution is 5.52. The standard InChI is InChI=1S/C11H15N/c1-7-5-8(2)11(12)6-10(7)9-3-4-9/h5-6,9H,3-4,12H2,1-2H3. The minimum Gasteiger partial charge on any atom is -0.399 e. The molecule has 1 nitrogen and oxygen atoms in total. The van der Waals surface area contributed by atoms with Gasteiger partial charge in [-0.25, -0.2) is 0 Å². The molecule has 1 fully saturated rings. The summed E-state index contributed by atoms with van der Waals surface area (Å²) in [6.45, 7) is 4.25. The topological polar surface area (TPSA) is 26.0 Å². The van der Waals surface area contributed by atoms with E-state index in [-0.39, 0.29) is 0 Å². The first-order chi connectivity index (χ1) is 5.68. The summed E-state index contributed by atoms with van der Waals surface area (Å²) >= 11 is 0. The first-order valence-corrected chi connectivity index (χ1v) is 4.55. The van der Waals surface area contributed by atoms with E-state index >= 15 is 0 Å². The molecule has 0 aliphatic heterocycles. The maximum Gasteiger partial charge on any atom is 0.0346 e. The van der Waals surface area contributed by atoms with Gasteiger partial charge in [-0.3, -0.25) is 0 Å². The minimum atomic E-state index is 0.813. The molecule has 0 saturated heterocycles. The SMILES string of the molecule is Cc1cc(C)c(C2CC2)cc1N.